The molecular formula is C19H14N2O2S3. The van der Waals surface area contributed by atoms with Crippen molar-refractivity contribution < 1.29 is 9.59 Å². The number of rotatable bonds is 3. The number of anilines is 1. The Morgan fingerprint density at radius 3 is 2.69 bits per heavy atom. The van der Waals surface area contributed by atoms with Crippen LogP contribution in [0.15, 0.2) is 58.3 Å². The van der Waals surface area contributed by atoms with Gasteiger partial charge in [0.25, 0.3) is 5.91 Å². The van der Waals surface area contributed by atoms with Crippen LogP contribution < -0.4 is 10.2 Å². The minimum atomic E-state index is -0.177. The second-order valence-corrected chi connectivity index (χ2v) is 8.57. The highest BCUT2D eigenvalue weighted by atomic mass is 32.2. The minimum Gasteiger partial charge on any atom is -0.307 e. The van der Waals surface area contributed by atoms with Crippen LogP contribution in [0, 0.1) is 0 Å². The quantitative estimate of drug-likeness (QED) is 0.629. The van der Waals surface area contributed by atoms with Gasteiger partial charge in [-0.15, -0.1) is 11.8 Å². The smallest absolute Gasteiger partial charge is 0.263 e. The van der Waals surface area contributed by atoms with Crippen LogP contribution in [0.5, 0.6) is 0 Å². The second kappa shape index (κ2) is 7.26. The van der Waals surface area contributed by atoms with Crippen LogP contribution in [-0.4, -0.2) is 21.9 Å². The zero-order valence-electron chi connectivity index (χ0n) is 13.6. The molecule has 2 aliphatic heterocycles. The average molecular weight is 399 g/mol. The number of thiocarbonyl (C=S) groups is 1. The van der Waals surface area contributed by atoms with Crippen molar-refractivity contribution in [1.29, 1.82) is 0 Å². The van der Waals surface area contributed by atoms with Crippen molar-refractivity contribution >= 4 is 63.6 Å². The molecule has 2 aliphatic rings. The predicted octanol–water partition coefficient (Wildman–Crippen LogP) is 3.81. The van der Waals surface area contributed by atoms with E-state index in [2.05, 4.69) is 5.32 Å². The SMILES string of the molecule is O=C1NC(=S)S/C1=C/c1ccc2c(c1)N(Cc1ccccc1)C(=O)CS2. The summed E-state index contributed by atoms with van der Waals surface area (Å²) in [5.41, 5.74) is 2.84. The molecule has 4 nitrogen and oxygen atoms in total. The van der Waals surface area contributed by atoms with Crippen LogP contribution in [0.3, 0.4) is 0 Å². The fraction of sp³-hybridized carbons (Fsp3) is 0.105. The van der Waals surface area contributed by atoms with E-state index in [1.807, 2.05) is 59.5 Å². The molecule has 4 rings (SSSR count). The van der Waals surface area contributed by atoms with Crippen molar-refractivity contribution in [3.8, 4) is 0 Å². The lowest BCUT2D eigenvalue weighted by atomic mass is 10.1. The summed E-state index contributed by atoms with van der Waals surface area (Å²) in [4.78, 5) is 27.9. The van der Waals surface area contributed by atoms with Gasteiger partial charge in [-0.05, 0) is 29.3 Å². The van der Waals surface area contributed by atoms with E-state index in [-0.39, 0.29) is 11.8 Å². The third-order valence-corrected chi connectivity index (χ3v) is 6.26. The number of carbonyl (C=O) groups is 2. The molecule has 2 aromatic carbocycles. The number of nitrogens with zero attached hydrogens (tertiary/aromatic N) is 1. The Morgan fingerprint density at radius 1 is 1.15 bits per heavy atom. The van der Waals surface area contributed by atoms with Crippen molar-refractivity contribution in [1.82, 2.24) is 5.32 Å². The van der Waals surface area contributed by atoms with Gasteiger partial charge in [-0.2, -0.15) is 0 Å². The molecule has 1 saturated heterocycles. The third kappa shape index (κ3) is 3.56. The summed E-state index contributed by atoms with van der Waals surface area (Å²) < 4.78 is 0.468. The minimum absolute atomic E-state index is 0.0883. The van der Waals surface area contributed by atoms with Crippen LogP contribution in [-0.2, 0) is 16.1 Å². The van der Waals surface area contributed by atoms with Gasteiger partial charge >= 0.3 is 0 Å². The van der Waals surface area contributed by atoms with E-state index in [0.717, 1.165) is 21.7 Å². The van der Waals surface area contributed by atoms with E-state index < -0.39 is 0 Å². The van der Waals surface area contributed by atoms with E-state index in [4.69, 9.17) is 12.2 Å². The van der Waals surface area contributed by atoms with E-state index in [0.29, 0.717) is 21.5 Å². The summed E-state index contributed by atoms with van der Waals surface area (Å²) in [5, 5.41) is 2.62. The van der Waals surface area contributed by atoms with Gasteiger partial charge in [0, 0.05) is 4.90 Å². The molecule has 0 saturated carbocycles. The third-order valence-electron chi connectivity index (χ3n) is 4.05. The van der Waals surface area contributed by atoms with Gasteiger partial charge in [0.1, 0.15) is 4.32 Å². The number of fused-ring (bicyclic) bond motifs is 1. The first-order valence-corrected chi connectivity index (χ1v) is 10.2. The largest absolute Gasteiger partial charge is 0.307 e. The van der Waals surface area contributed by atoms with E-state index in [9.17, 15) is 9.59 Å². The fourth-order valence-corrected chi connectivity index (χ4v) is 4.78. The van der Waals surface area contributed by atoms with Gasteiger partial charge in [0.05, 0.1) is 22.9 Å². The molecule has 0 spiro atoms. The normalized spacial score (nSPS) is 18.2. The van der Waals surface area contributed by atoms with Crippen molar-refractivity contribution in [3.63, 3.8) is 0 Å². The molecule has 0 atom stereocenters. The molecule has 1 fully saturated rings. The van der Waals surface area contributed by atoms with Gasteiger partial charge in [-0.25, -0.2) is 0 Å². The van der Waals surface area contributed by atoms with Gasteiger partial charge in [0.15, 0.2) is 0 Å². The van der Waals surface area contributed by atoms with E-state index in [1.165, 1.54) is 11.8 Å². The summed E-state index contributed by atoms with van der Waals surface area (Å²) in [7, 11) is 0. The lowest BCUT2D eigenvalue weighted by molar-refractivity contribution is -0.116. The number of thioether (sulfide) groups is 2. The van der Waals surface area contributed by atoms with E-state index >= 15 is 0 Å². The Morgan fingerprint density at radius 2 is 1.96 bits per heavy atom. The Hall–Kier alpha value is -2.09. The Kier molecular flexibility index (Phi) is 4.84. The van der Waals surface area contributed by atoms with Crippen LogP contribution in [0.2, 0.25) is 0 Å². The second-order valence-electron chi connectivity index (χ2n) is 5.83. The maximum atomic E-state index is 12.5. The molecule has 0 unspecified atom stereocenters. The zero-order valence-corrected chi connectivity index (χ0v) is 16.0. The van der Waals surface area contributed by atoms with Crippen LogP contribution >= 0.6 is 35.7 Å². The molecule has 2 amide bonds. The van der Waals surface area contributed by atoms with Gasteiger partial charge in [-0.1, -0.05) is 60.4 Å². The number of benzene rings is 2. The van der Waals surface area contributed by atoms with Gasteiger partial charge < -0.3 is 10.2 Å². The first kappa shape index (κ1) is 17.3. The standard InChI is InChI=1S/C19H14N2O2S3/c22-17-11-25-15-7-6-13(9-16-18(23)20-19(24)26-16)8-14(15)21(17)10-12-4-2-1-3-5-12/h1-9H,10-11H2,(H,20,23,24)/b16-9+. The van der Waals surface area contributed by atoms with Crippen LogP contribution in [0.25, 0.3) is 6.08 Å². The first-order chi connectivity index (χ1) is 12.6. The van der Waals surface area contributed by atoms with Crippen molar-refractivity contribution in [3.05, 3.63) is 64.6 Å². The van der Waals surface area contributed by atoms with E-state index in [1.54, 1.807) is 11.8 Å². The van der Waals surface area contributed by atoms with Crippen molar-refractivity contribution in [2.24, 2.45) is 0 Å². The lowest BCUT2D eigenvalue weighted by Crippen LogP contribution is -2.34. The van der Waals surface area contributed by atoms with Gasteiger partial charge in [-0.3, -0.25) is 9.59 Å². The highest BCUT2D eigenvalue weighted by Gasteiger charge is 2.26. The summed E-state index contributed by atoms with van der Waals surface area (Å²) in [6.07, 6.45) is 1.81. The Labute approximate surface area is 165 Å². The lowest BCUT2D eigenvalue weighted by Gasteiger charge is -2.29. The summed E-state index contributed by atoms with van der Waals surface area (Å²) >= 11 is 7.83. The molecule has 0 aromatic heterocycles. The molecule has 0 radical (unpaired) electrons. The summed E-state index contributed by atoms with van der Waals surface area (Å²) in [5.74, 6) is 0.349. The number of nitrogens with one attached hydrogen (secondary N) is 1. The van der Waals surface area contributed by atoms with Crippen molar-refractivity contribution in [2.45, 2.75) is 11.4 Å². The number of amides is 2. The predicted molar refractivity (Wildman–Crippen MR) is 111 cm³/mol. The maximum Gasteiger partial charge on any atom is 0.263 e. The molecule has 7 heteroatoms. The molecule has 0 bridgehead atoms. The highest BCUT2D eigenvalue weighted by Crippen LogP contribution is 2.38. The zero-order chi connectivity index (χ0) is 18.1. The summed E-state index contributed by atoms with van der Waals surface area (Å²) in [6.45, 7) is 0.534. The molecule has 130 valence electrons. The van der Waals surface area contributed by atoms with Gasteiger partial charge in [0.2, 0.25) is 5.91 Å². The maximum absolute atomic E-state index is 12.5. The Bertz CT molecular complexity index is 941. The Balaban J connectivity index is 1.68. The average Bonchev–Trinajstić information content (AvgIpc) is 2.95. The number of hydrogen-bond donors (Lipinski definition) is 1. The molecule has 1 N–H and O–H groups in total. The molecule has 26 heavy (non-hydrogen) atoms. The topological polar surface area (TPSA) is 49.4 Å². The molecule has 2 aromatic rings. The highest BCUT2D eigenvalue weighted by molar-refractivity contribution is 8.26. The first-order valence-electron chi connectivity index (χ1n) is 7.96. The molecule has 2 heterocycles. The van der Waals surface area contributed by atoms with Crippen LogP contribution in [0.1, 0.15) is 11.1 Å². The number of hydrogen-bond acceptors (Lipinski definition) is 5. The van der Waals surface area contributed by atoms with Crippen molar-refractivity contribution in [2.75, 3.05) is 10.7 Å². The van der Waals surface area contributed by atoms with Crippen LogP contribution in [0.4, 0.5) is 5.69 Å². The molecule has 0 aliphatic carbocycles. The summed E-state index contributed by atoms with van der Waals surface area (Å²) in [6, 6.07) is 15.9. The molecular weight excluding hydrogens is 384 g/mol. The fourth-order valence-electron chi connectivity index (χ4n) is 2.82. The number of carbonyl (C=O) groups excluding carboxylic acids is 2. The monoisotopic (exact) mass is 398 g/mol.